The SMILES string of the molecule is CC.N#CC1CCN(C(=O)N2CC(NC(=O)c3ccccc3)CC(c3ccc(C(F)(F)F)cc3)C2)CC1. The fraction of sp³-hybridized carbons (Fsp3) is 0.464. The number of nitriles is 1. The number of piperidine rings is 2. The maximum absolute atomic E-state index is 13.3. The molecule has 2 aliphatic rings. The molecule has 2 aromatic rings. The van der Waals surface area contributed by atoms with Crippen molar-refractivity contribution >= 4 is 11.9 Å². The van der Waals surface area contributed by atoms with Gasteiger partial charge in [-0.3, -0.25) is 4.79 Å². The van der Waals surface area contributed by atoms with E-state index in [1.54, 1.807) is 34.1 Å². The highest BCUT2D eigenvalue weighted by Crippen LogP contribution is 2.33. The van der Waals surface area contributed by atoms with E-state index in [2.05, 4.69) is 11.4 Å². The Bertz CT molecular complexity index is 1080. The number of likely N-dealkylation sites (tertiary alicyclic amines) is 2. The third-order valence-electron chi connectivity index (χ3n) is 6.75. The molecule has 0 saturated carbocycles. The van der Waals surface area contributed by atoms with Crippen LogP contribution in [0.2, 0.25) is 0 Å². The van der Waals surface area contributed by atoms with Crippen molar-refractivity contribution in [2.24, 2.45) is 5.92 Å². The van der Waals surface area contributed by atoms with Crippen LogP contribution in [0.3, 0.4) is 0 Å². The van der Waals surface area contributed by atoms with E-state index in [4.69, 9.17) is 5.26 Å². The number of urea groups is 1. The normalized spacial score (nSPS) is 20.3. The lowest BCUT2D eigenvalue weighted by Crippen LogP contribution is -2.56. The Balaban J connectivity index is 0.00000186. The first-order valence-electron chi connectivity index (χ1n) is 12.7. The molecule has 0 bridgehead atoms. The summed E-state index contributed by atoms with van der Waals surface area (Å²) in [5.74, 6) is -0.545. The zero-order valence-corrected chi connectivity index (χ0v) is 21.2. The lowest BCUT2D eigenvalue weighted by Gasteiger charge is -2.41. The topological polar surface area (TPSA) is 76.4 Å². The van der Waals surface area contributed by atoms with E-state index < -0.39 is 11.7 Å². The van der Waals surface area contributed by atoms with Gasteiger partial charge in [0.05, 0.1) is 11.6 Å². The molecular formula is C28H33F3N4O2. The third kappa shape index (κ3) is 7.25. The minimum atomic E-state index is -4.42. The Morgan fingerprint density at radius 2 is 1.57 bits per heavy atom. The maximum Gasteiger partial charge on any atom is 0.416 e. The van der Waals surface area contributed by atoms with Crippen LogP contribution in [0.1, 0.15) is 60.5 Å². The van der Waals surface area contributed by atoms with Gasteiger partial charge >= 0.3 is 12.2 Å². The smallest absolute Gasteiger partial charge is 0.347 e. The van der Waals surface area contributed by atoms with Gasteiger partial charge in [-0.1, -0.05) is 44.2 Å². The van der Waals surface area contributed by atoms with Crippen LogP contribution >= 0.6 is 0 Å². The number of rotatable bonds is 3. The summed E-state index contributed by atoms with van der Waals surface area (Å²) >= 11 is 0. The molecule has 6 nitrogen and oxygen atoms in total. The maximum atomic E-state index is 13.3. The van der Waals surface area contributed by atoms with Gasteiger partial charge in [-0.05, 0) is 49.1 Å². The predicted molar refractivity (Wildman–Crippen MR) is 135 cm³/mol. The van der Waals surface area contributed by atoms with Gasteiger partial charge in [-0.25, -0.2) is 4.79 Å². The van der Waals surface area contributed by atoms with Crippen molar-refractivity contribution in [2.75, 3.05) is 26.2 Å². The van der Waals surface area contributed by atoms with Gasteiger partial charge in [0.1, 0.15) is 0 Å². The molecule has 37 heavy (non-hydrogen) atoms. The summed E-state index contributed by atoms with van der Waals surface area (Å²) in [7, 11) is 0. The average Bonchev–Trinajstić information content (AvgIpc) is 2.93. The molecule has 0 aromatic heterocycles. The zero-order chi connectivity index (χ0) is 27.0. The van der Waals surface area contributed by atoms with E-state index in [9.17, 15) is 22.8 Å². The molecule has 2 atom stereocenters. The van der Waals surface area contributed by atoms with Crippen molar-refractivity contribution in [3.05, 3.63) is 71.3 Å². The van der Waals surface area contributed by atoms with E-state index in [-0.39, 0.29) is 29.8 Å². The number of nitrogens with one attached hydrogen (secondary N) is 1. The van der Waals surface area contributed by atoms with Crippen LogP contribution < -0.4 is 5.32 Å². The first-order valence-corrected chi connectivity index (χ1v) is 12.7. The monoisotopic (exact) mass is 514 g/mol. The molecule has 2 unspecified atom stereocenters. The quantitative estimate of drug-likeness (QED) is 0.573. The lowest BCUT2D eigenvalue weighted by molar-refractivity contribution is -0.137. The van der Waals surface area contributed by atoms with E-state index in [0.717, 1.165) is 12.1 Å². The van der Waals surface area contributed by atoms with Crippen molar-refractivity contribution in [3.8, 4) is 6.07 Å². The van der Waals surface area contributed by atoms with Crippen molar-refractivity contribution < 1.29 is 22.8 Å². The summed E-state index contributed by atoms with van der Waals surface area (Å²) in [6.07, 6.45) is -2.68. The molecule has 2 aromatic carbocycles. The van der Waals surface area contributed by atoms with Gasteiger partial charge in [0.2, 0.25) is 0 Å². The van der Waals surface area contributed by atoms with Crippen LogP contribution in [-0.2, 0) is 6.18 Å². The van der Waals surface area contributed by atoms with Crippen LogP contribution in [0, 0.1) is 17.2 Å². The second kappa shape index (κ2) is 12.6. The molecule has 2 saturated heterocycles. The van der Waals surface area contributed by atoms with E-state index in [1.807, 2.05) is 19.9 Å². The van der Waals surface area contributed by atoms with Crippen molar-refractivity contribution in [2.45, 2.75) is 51.2 Å². The Labute approximate surface area is 216 Å². The van der Waals surface area contributed by atoms with Crippen LogP contribution in [0.5, 0.6) is 0 Å². The average molecular weight is 515 g/mol. The van der Waals surface area contributed by atoms with Crippen LogP contribution in [0.25, 0.3) is 0 Å². The molecule has 0 radical (unpaired) electrons. The van der Waals surface area contributed by atoms with Crippen LogP contribution in [-0.4, -0.2) is 54.0 Å². The van der Waals surface area contributed by atoms with Gasteiger partial charge in [-0.15, -0.1) is 0 Å². The fourth-order valence-corrected chi connectivity index (χ4v) is 4.80. The highest BCUT2D eigenvalue weighted by Gasteiger charge is 2.36. The number of nitrogens with zero attached hydrogens (tertiary/aromatic N) is 3. The molecule has 0 spiro atoms. The minimum absolute atomic E-state index is 0.0572. The van der Waals surface area contributed by atoms with Crippen molar-refractivity contribution in [3.63, 3.8) is 0 Å². The van der Waals surface area contributed by atoms with Gasteiger partial charge in [0.25, 0.3) is 5.91 Å². The molecule has 1 N–H and O–H groups in total. The second-order valence-corrected chi connectivity index (χ2v) is 9.17. The zero-order valence-electron chi connectivity index (χ0n) is 21.2. The first-order chi connectivity index (χ1) is 17.7. The van der Waals surface area contributed by atoms with Gasteiger partial charge in [-0.2, -0.15) is 18.4 Å². The second-order valence-electron chi connectivity index (χ2n) is 9.17. The van der Waals surface area contributed by atoms with Crippen molar-refractivity contribution in [1.29, 1.82) is 5.26 Å². The number of benzene rings is 2. The van der Waals surface area contributed by atoms with Gasteiger partial charge in [0.15, 0.2) is 0 Å². The molecule has 2 fully saturated rings. The van der Waals surface area contributed by atoms with E-state index >= 15 is 0 Å². The summed E-state index contributed by atoms with van der Waals surface area (Å²) < 4.78 is 39.1. The Morgan fingerprint density at radius 3 is 2.14 bits per heavy atom. The Morgan fingerprint density at radius 1 is 0.946 bits per heavy atom. The molecular weight excluding hydrogens is 481 g/mol. The number of alkyl halides is 3. The highest BCUT2D eigenvalue weighted by molar-refractivity contribution is 5.94. The van der Waals surface area contributed by atoms with Gasteiger partial charge < -0.3 is 15.1 Å². The lowest BCUT2D eigenvalue weighted by atomic mass is 9.87. The Hall–Kier alpha value is -3.54. The van der Waals surface area contributed by atoms with Crippen molar-refractivity contribution in [1.82, 2.24) is 15.1 Å². The number of carbonyl (C=O) groups excluding carboxylic acids is 2. The molecule has 198 valence electrons. The largest absolute Gasteiger partial charge is 0.416 e. The number of hydrogen-bond donors (Lipinski definition) is 1. The third-order valence-corrected chi connectivity index (χ3v) is 6.75. The fourth-order valence-electron chi connectivity index (χ4n) is 4.80. The predicted octanol–water partition coefficient (Wildman–Crippen LogP) is 5.68. The number of hydrogen-bond acceptors (Lipinski definition) is 3. The molecule has 0 aliphatic carbocycles. The summed E-state index contributed by atoms with van der Waals surface area (Å²) in [6.45, 7) is 5.63. The minimum Gasteiger partial charge on any atom is -0.347 e. The van der Waals surface area contributed by atoms with Crippen LogP contribution in [0.15, 0.2) is 54.6 Å². The molecule has 3 amide bonds. The van der Waals surface area contributed by atoms with E-state index in [0.29, 0.717) is 56.6 Å². The molecule has 9 heteroatoms. The summed E-state index contributed by atoms with van der Waals surface area (Å²) in [4.78, 5) is 29.5. The number of halogens is 3. The summed E-state index contributed by atoms with van der Waals surface area (Å²) in [6, 6.07) is 15.5. The molecule has 2 heterocycles. The standard InChI is InChI=1S/C26H27F3N4O2.C2H6/c27-26(28,29)22-8-6-19(7-9-22)21-14-23(31-24(34)20-4-2-1-3-5-20)17-33(16-21)25(35)32-12-10-18(15-30)11-13-32;1-2/h1-9,18,21,23H,10-14,16-17H2,(H,31,34);1-2H3. The molecule has 2 aliphatic heterocycles. The summed E-state index contributed by atoms with van der Waals surface area (Å²) in [5.41, 5.74) is 0.470. The summed E-state index contributed by atoms with van der Waals surface area (Å²) in [5, 5.41) is 12.1. The van der Waals surface area contributed by atoms with E-state index in [1.165, 1.54) is 12.1 Å². The molecule has 4 rings (SSSR count). The highest BCUT2D eigenvalue weighted by atomic mass is 19.4. The number of carbonyl (C=O) groups is 2. The first kappa shape index (κ1) is 28.0. The van der Waals surface area contributed by atoms with Gasteiger partial charge in [0, 0.05) is 49.6 Å². The number of amides is 3. The van der Waals surface area contributed by atoms with Crippen LogP contribution in [0.4, 0.5) is 18.0 Å². The Kier molecular flexibility index (Phi) is 9.56.